The average molecular weight is 505 g/mol. The second-order valence-electron chi connectivity index (χ2n) is 8.61. The molecule has 2 amide bonds. The van der Waals surface area contributed by atoms with E-state index in [1.165, 1.54) is 6.33 Å². The number of carbonyl (C=O) groups is 3. The van der Waals surface area contributed by atoms with Gasteiger partial charge in [0.15, 0.2) is 0 Å². The molecule has 0 radical (unpaired) electrons. The predicted molar refractivity (Wildman–Crippen MR) is 134 cm³/mol. The van der Waals surface area contributed by atoms with E-state index in [-0.39, 0.29) is 25.6 Å². The first kappa shape index (κ1) is 25.6. The summed E-state index contributed by atoms with van der Waals surface area (Å²) in [5, 5.41) is 14.6. The zero-order valence-electron chi connectivity index (χ0n) is 20.1. The number of aromatic nitrogens is 2. The first-order chi connectivity index (χ1) is 18.0. The topological polar surface area (TPSA) is 140 Å². The number of fused-ring (bicyclic) bond motifs is 3. The van der Waals surface area contributed by atoms with Crippen LogP contribution in [0.5, 0.6) is 0 Å². The molecule has 1 aliphatic rings. The number of nitrogens with one attached hydrogen (secondary N) is 2. The molecule has 1 aliphatic carbocycles. The van der Waals surface area contributed by atoms with E-state index in [9.17, 15) is 19.5 Å². The van der Waals surface area contributed by atoms with E-state index in [0.717, 1.165) is 22.3 Å². The highest BCUT2D eigenvalue weighted by Gasteiger charge is 2.29. The summed E-state index contributed by atoms with van der Waals surface area (Å²) in [6, 6.07) is 14.9. The molecule has 1 aromatic heterocycles. The fraction of sp³-hybridized carbons (Fsp3) is 0.296. The molecule has 0 saturated carbocycles. The Morgan fingerprint density at radius 2 is 1.54 bits per heavy atom. The Morgan fingerprint density at radius 1 is 0.892 bits per heavy atom. The monoisotopic (exact) mass is 504 g/mol. The summed E-state index contributed by atoms with van der Waals surface area (Å²) in [6.45, 7) is 0.465. The third-order valence-corrected chi connectivity index (χ3v) is 6.11. The molecule has 0 bridgehead atoms. The Labute approximate surface area is 214 Å². The largest absolute Gasteiger partial charge is 0.480 e. The van der Waals surface area contributed by atoms with Crippen LogP contribution >= 0.6 is 0 Å². The Morgan fingerprint density at radius 3 is 2.19 bits per heavy atom. The van der Waals surface area contributed by atoms with Crippen molar-refractivity contribution in [1.29, 1.82) is 0 Å². The SMILES string of the molecule is O=C(NCCCC[C@H](NC(=O)OCC1c2ccccc2-c2ccccc21)C(=O)O)OCc1cncnc1. The maximum Gasteiger partial charge on any atom is 0.407 e. The Balaban J connectivity index is 1.18. The van der Waals surface area contributed by atoms with Gasteiger partial charge in [0.2, 0.25) is 0 Å². The number of hydrogen-bond acceptors (Lipinski definition) is 7. The smallest absolute Gasteiger partial charge is 0.407 e. The summed E-state index contributed by atoms with van der Waals surface area (Å²) < 4.78 is 10.5. The van der Waals surface area contributed by atoms with Crippen molar-refractivity contribution in [2.75, 3.05) is 13.2 Å². The number of rotatable bonds is 11. The maximum atomic E-state index is 12.4. The van der Waals surface area contributed by atoms with Crippen molar-refractivity contribution in [3.05, 3.63) is 83.9 Å². The quantitative estimate of drug-likeness (QED) is 0.335. The van der Waals surface area contributed by atoms with Gasteiger partial charge in [-0.25, -0.2) is 24.4 Å². The van der Waals surface area contributed by atoms with Gasteiger partial charge in [0.05, 0.1) is 0 Å². The van der Waals surface area contributed by atoms with Gasteiger partial charge in [-0.1, -0.05) is 48.5 Å². The first-order valence-corrected chi connectivity index (χ1v) is 12.0. The van der Waals surface area contributed by atoms with E-state index in [1.54, 1.807) is 12.4 Å². The molecular weight excluding hydrogens is 476 g/mol. The number of carbonyl (C=O) groups excluding carboxylic acids is 2. The minimum Gasteiger partial charge on any atom is -0.480 e. The van der Waals surface area contributed by atoms with Crippen molar-refractivity contribution < 1.29 is 29.0 Å². The van der Waals surface area contributed by atoms with Gasteiger partial charge in [0, 0.05) is 30.4 Å². The standard InChI is InChI=1S/C27H28N4O6/c32-25(33)24(11-5-6-12-30-26(34)36-15-18-13-28-17-29-14-18)31-27(35)37-16-23-21-9-3-1-7-19(21)20-8-2-4-10-22(20)23/h1-4,7-10,13-14,17,23-24H,5-6,11-12,15-16H2,(H,30,34)(H,31,35)(H,32,33)/t24-/m0/s1. The minimum atomic E-state index is -1.15. The van der Waals surface area contributed by atoms with Gasteiger partial charge >= 0.3 is 18.2 Å². The van der Waals surface area contributed by atoms with Gasteiger partial charge < -0.3 is 25.2 Å². The third kappa shape index (κ3) is 6.81. The minimum absolute atomic E-state index is 0.0534. The van der Waals surface area contributed by atoms with Crippen LogP contribution in [0.3, 0.4) is 0 Å². The van der Waals surface area contributed by atoms with Crippen LogP contribution in [0.25, 0.3) is 11.1 Å². The second kappa shape index (κ2) is 12.5. The lowest BCUT2D eigenvalue weighted by atomic mass is 9.98. The van der Waals surface area contributed by atoms with Crippen molar-refractivity contribution in [1.82, 2.24) is 20.6 Å². The molecule has 3 N–H and O–H groups in total. The van der Waals surface area contributed by atoms with Crippen LogP contribution in [-0.2, 0) is 20.9 Å². The second-order valence-corrected chi connectivity index (χ2v) is 8.61. The molecule has 0 aliphatic heterocycles. The van der Waals surface area contributed by atoms with Crippen LogP contribution in [-0.4, -0.2) is 52.4 Å². The van der Waals surface area contributed by atoms with Gasteiger partial charge in [0.1, 0.15) is 25.6 Å². The normalized spacial score (nSPS) is 12.6. The highest BCUT2D eigenvalue weighted by Crippen LogP contribution is 2.44. The summed E-state index contributed by atoms with van der Waals surface area (Å²) >= 11 is 0. The van der Waals surface area contributed by atoms with Crippen LogP contribution in [0.2, 0.25) is 0 Å². The number of nitrogens with zero attached hydrogens (tertiary/aromatic N) is 2. The van der Waals surface area contributed by atoms with E-state index in [4.69, 9.17) is 9.47 Å². The molecule has 10 nitrogen and oxygen atoms in total. The van der Waals surface area contributed by atoms with Crippen LogP contribution in [0.15, 0.2) is 67.3 Å². The molecule has 0 spiro atoms. The molecule has 3 aromatic rings. The molecular formula is C27H28N4O6. The number of benzene rings is 2. The van der Waals surface area contributed by atoms with Crippen LogP contribution < -0.4 is 10.6 Å². The highest BCUT2D eigenvalue weighted by atomic mass is 16.6. The van der Waals surface area contributed by atoms with Gasteiger partial charge in [0.25, 0.3) is 0 Å². The van der Waals surface area contributed by atoms with Gasteiger partial charge in [-0.05, 0) is 41.5 Å². The van der Waals surface area contributed by atoms with Gasteiger partial charge in [-0.3, -0.25) is 0 Å². The van der Waals surface area contributed by atoms with Crippen molar-refractivity contribution in [2.45, 2.75) is 37.8 Å². The lowest BCUT2D eigenvalue weighted by molar-refractivity contribution is -0.139. The number of amides is 2. The van der Waals surface area contributed by atoms with E-state index < -0.39 is 24.2 Å². The fourth-order valence-electron chi connectivity index (χ4n) is 4.31. The molecule has 0 saturated heterocycles. The Hall–Kier alpha value is -4.47. The van der Waals surface area contributed by atoms with Crippen LogP contribution in [0.1, 0.15) is 41.9 Å². The number of alkyl carbamates (subject to hydrolysis) is 2. The number of unbranched alkanes of at least 4 members (excludes halogenated alkanes) is 1. The maximum absolute atomic E-state index is 12.4. The fourth-order valence-corrected chi connectivity index (χ4v) is 4.31. The van der Waals surface area contributed by atoms with Crippen molar-refractivity contribution in [3.8, 4) is 11.1 Å². The van der Waals surface area contributed by atoms with Crippen molar-refractivity contribution in [2.24, 2.45) is 0 Å². The van der Waals surface area contributed by atoms with Crippen molar-refractivity contribution in [3.63, 3.8) is 0 Å². The number of aliphatic carboxylic acids is 1. The van der Waals surface area contributed by atoms with Crippen LogP contribution in [0.4, 0.5) is 9.59 Å². The lowest BCUT2D eigenvalue weighted by Crippen LogP contribution is -2.41. The summed E-state index contributed by atoms with van der Waals surface area (Å²) in [7, 11) is 0. The molecule has 37 heavy (non-hydrogen) atoms. The number of carboxylic acids is 1. The predicted octanol–water partition coefficient (Wildman–Crippen LogP) is 3.87. The first-order valence-electron chi connectivity index (χ1n) is 12.0. The molecule has 4 rings (SSSR count). The molecule has 10 heteroatoms. The molecule has 0 unspecified atom stereocenters. The summed E-state index contributed by atoms with van der Waals surface area (Å²) in [5.74, 6) is -1.26. The average Bonchev–Trinajstić information content (AvgIpc) is 3.24. The Bertz CT molecular complexity index is 1190. The number of ether oxygens (including phenoxy) is 2. The number of hydrogen-bond donors (Lipinski definition) is 3. The molecule has 192 valence electrons. The molecule has 2 aromatic carbocycles. The highest BCUT2D eigenvalue weighted by molar-refractivity contribution is 5.81. The zero-order valence-corrected chi connectivity index (χ0v) is 20.1. The van der Waals surface area contributed by atoms with Crippen LogP contribution in [0, 0.1) is 0 Å². The molecule has 1 heterocycles. The number of carboxylic acid groups (broad SMARTS) is 1. The zero-order chi connectivity index (χ0) is 26.0. The summed E-state index contributed by atoms with van der Waals surface area (Å²) in [4.78, 5) is 43.5. The van der Waals surface area contributed by atoms with Crippen molar-refractivity contribution >= 4 is 18.2 Å². The lowest BCUT2D eigenvalue weighted by Gasteiger charge is -2.17. The van der Waals surface area contributed by atoms with E-state index in [2.05, 4.69) is 20.6 Å². The summed E-state index contributed by atoms with van der Waals surface area (Å²) in [5.41, 5.74) is 5.05. The molecule has 1 atom stereocenters. The summed E-state index contributed by atoms with van der Waals surface area (Å²) in [6.07, 6.45) is 4.30. The van der Waals surface area contributed by atoms with Gasteiger partial charge in [-0.2, -0.15) is 0 Å². The third-order valence-electron chi connectivity index (χ3n) is 6.11. The molecule has 0 fully saturated rings. The Kier molecular flexibility index (Phi) is 8.64. The van der Waals surface area contributed by atoms with E-state index in [0.29, 0.717) is 24.9 Å². The van der Waals surface area contributed by atoms with E-state index >= 15 is 0 Å². The van der Waals surface area contributed by atoms with Gasteiger partial charge in [-0.15, -0.1) is 0 Å². The van der Waals surface area contributed by atoms with E-state index in [1.807, 2.05) is 48.5 Å².